The number of ether oxygens (including phenoxy) is 3. The van der Waals surface area contributed by atoms with Gasteiger partial charge in [-0.25, -0.2) is 0 Å². The van der Waals surface area contributed by atoms with Crippen LogP contribution < -0.4 is 14.2 Å². The van der Waals surface area contributed by atoms with Crippen molar-refractivity contribution < 1.29 is 19.0 Å². The normalized spacial score (nSPS) is 16.8. The lowest BCUT2D eigenvalue weighted by Crippen LogP contribution is -2.44. The Balaban J connectivity index is 1.62. The minimum Gasteiger partial charge on any atom is -0.494 e. The van der Waals surface area contributed by atoms with Gasteiger partial charge in [0.1, 0.15) is 11.9 Å². The van der Waals surface area contributed by atoms with Gasteiger partial charge < -0.3 is 19.1 Å². The van der Waals surface area contributed by atoms with E-state index in [9.17, 15) is 4.79 Å². The summed E-state index contributed by atoms with van der Waals surface area (Å²) < 4.78 is 16.4. The van der Waals surface area contributed by atoms with Crippen LogP contribution in [0.1, 0.15) is 30.1 Å². The molecule has 0 spiro atoms. The summed E-state index contributed by atoms with van der Waals surface area (Å²) in [7, 11) is 1.53. The van der Waals surface area contributed by atoms with E-state index in [0.29, 0.717) is 30.5 Å². The Morgan fingerprint density at radius 1 is 1.23 bits per heavy atom. The topological polar surface area (TPSA) is 73.8 Å². The number of likely N-dealkylation sites (tertiary alicyclic amines) is 1. The van der Waals surface area contributed by atoms with Gasteiger partial charge in [0.25, 0.3) is 5.91 Å². The van der Waals surface area contributed by atoms with Crippen LogP contribution in [-0.4, -0.2) is 53.7 Å². The van der Waals surface area contributed by atoms with Crippen LogP contribution in [-0.2, 0) is 0 Å². The first-order chi connectivity index (χ1) is 12.7. The molecule has 1 atom stereocenters. The summed E-state index contributed by atoms with van der Waals surface area (Å²) >= 11 is 0. The average Bonchev–Trinajstić information content (AvgIpc) is 2.69. The van der Waals surface area contributed by atoms with Gasteiger partial charge in [-0.3, -0.25) is 9.78 Å². The highest BCUT2D eigenvalue weighted by Crippen LogP contribution is 2.20. The zero-order valence-corrected chi connectivity index (χ0v) is 15.1. The van der Waals surface area contributed by atoms with Gasteiger partial charge in [-0.1, -0.05) is 0 Å². The summed E-state index contributed by atoms with van der Waals surface area (Å²) in [6.07, 6.45) is 4.71. The lowest BCUT2D eigenvalue weighted by Gasteiger charge is -2.32. The van der Waals surface area contributed by atoms with Gasteiger partial charge in [-0.15, -0.1) is 0 Å². The zero-order valence-electron chi connectivity index (χ0n) is 15.1. The molecule has 0 N–H and O–H groups in total. The maximum Gasteiger partial charge on any atom is 0.253 e. The van der Waals surface area contributed by atoms with Crippen molar-refractivity contribution in [2.45, 2.75) is 25.9 Å². The van der Waals surface area contributed by atoms with Crippen LogP contribution in [0.2, 0.25) is 0 Å². The first-order valence-corrected chi connectivity index (χ1v) is 8.74. The number of nitrogens with zero attached hydrogens (tertiary/aromatic N) is 3. The van der Waals surface area contributed by atoms with E-state index in [1.807, 2.05) is 24.0 Å². The highest BCUT2D eigenvalue weighted by Gasteiger charge is 2.26. The van der Waals surface area contributed by atoms with Crippen LogP contribution in [0.25, 0.3) is 0 Å². The number of hydrogen-bond donors (Lipinski definition) is 0. The fourth-order valence-electron chi connectivity index (χ4n) is 2.92. The van der Waals surface area contributed by atoms with Gasteiger partial charge in [-0.05, 0) is 44.0 Å². The Labute approximate surface area is 152 Å². The standard InChI is InChI=1S/C19H23N3O4/c1-3-25-15-8-6-14(7-9-15)19(23)22-10-4-5-16(13-22)26-18-12-20-11-17(21-18)24-2/h6-9,11-12,16H,3-5,10,13H2,1-2H3. The fourth-order valence-corrected chi connectivity index (χ4v) is 2.92. The first-order valence-electron chi connectivity index (χ1n) is 8.74. The molecule has 7 heteroatoms. The molecular formula is C19H23N3O4. The van der Waals surface area contributed by atoms with E-state index in [0.717, 1.165) is 25.1 Å². The zero-order chi connectivity index (χ0) is 18.4. The van der Waals surface area contributed by atoms with Crippen molar-refractivity contribution in [2.24, 2.45) is 0 Å². The lowest BCUT2D eigenvalue weighted by molar-refractivity contribution is 0.0525. The lowest BCUT2D eigenvalue weighted by atomic mass is 10.1. The molecule has 1 amide bonds. The molecule has 0 bridgehead atoms. The minimum atomic E-state index is -0.114. The highest BCUT2D eigenvalue weighted by atomic mass is 16.5. The highest BCUT2D eigenvalue weighted by molar-refractivity contribution is 5.94. The molecule has 138 valence electrons. The van der Waals surface area contributed by atoms with Crippen LogP contribution in [0.3, 0.4) is 0 Å². The summed E-state index contributed by atoms with van der Waals surface area (Å²) in [5.74, 6) is 1.57. The van der Waals surface area contributed by atoms with E-state index < -0.39 is 0 Å². The van der Waals surface area contributed by atoms with E-state index in [1.165, 1.54) is 13.3 Å². The Morgan fingerprint density at radius 3 is 2.73 bits per heavy atom. The number of benzene rings is 1. The van der Waals surface area contributed by atoms with Crippen LogP contribution in [0.5, 0.6) is 17.5 Å². The monoisotopic (exact) mass is 357 g/mol. The third kappa shape index (κ3) is 4.41. The van der Waals surface area contributed by atoms with Crippen molar-refractivity contribution in [3.63, 3.8) is 0 Å². The number of carbonyl (C=O) groups excluding carboxylic acids is 1. The number of hydrogen-bond acceptors (Lipinski definition) is 6. The number of methoxy groups -OCH3 is 1. The van der Waals surface area contributed by atoms with E-state index in [-0.39, 0.29) is 12.0 Å². The van der Waals surface area contributed by atoms with E-state index in [2.05, 4.69) is 9.97 Å². The van der Waals surface area contributed by atoms with Gasteiger partial charge in [0.15, 0.2) is 0 Å². The summed E-state index contributed by atoms with van der Waals surface area (Å²) in [5.41, 5.74) is 0.648. The Kier molecular flexibility index (Phi) is 5.88. The molecule has 26 heavy (non-hydrogen) atoms. The quantitative estimate of drug-likeness (QED) is 0.791. The van der Waals surface area contributed by atoms with Crippen molar-refractivity contribution in [1.29, 1.82) is 0 Å². The summed E-state index contributed by atoms with van der Waals surface area (Å²) in [4.78, 5) is 22.8. The molecule has 2 aromatic rings. The largest absolute Gasteiger partial charge is 0.494 e. The molecule has 1 aliphatic heterocycles. The fraction of sp³-hybridized carbons (Fsp3) is 0.421. The van der Waals surface area contributed by atoms with Gasteiger partial charge in [-0.2, -0.15) is 4.98 Å². The molecule has 1 fully saturated rings. The molecule has 1 aliphatic rings. The summed E-state index contributed by atoms with van der Waals surface area (Å²) in [5, 5.41) is 0. The number of amides is 1. The molecule has 0 aliphatic carbocycles. The molecule has 3 rings (SSSR count). The molecule has 2 heterocycles. The molecule has 0 radical (unpaired) electrons. The SMILES string of the molecule is CCOc1ccc(C(=O)N2CCCC(Oc3cncc(OC)n3)C2)cc1. The third-order valence-electron chi connectivity index (χ3n) is 4.16. The van der Waals surface area contributed by atoms with E-state index in [4.69, 9.17) is 14.2 Å². The van der Waals surface area contributed by atoms with Crippen molar-refractivity contribution in [2.75, 3.05) is 26.8 Å². The molecule has 0 saturated carbocycles. The van der Waals surface area contributed by atoms with Crippen LogP contribution in [0.15, 0.2) is 36.7 Å². The predicted octanol–water partition coefficient (Wildman–Crippen LogP) is 2.57. The Bertz CT molecular complexity index is 736. The summed E-state index contributed by atoms with van der Waals surface area (Å²) in [6.45, 7) is 3.77. The Hall–Kier alpha value is -2.83. The average molecular weight is 357 g/mol. The van der Waals surface area contributed by atoms with Crippen molar-refractivity contribution in [1.82, 2.24) is 14.9 Å². The maximum atomic E-state index is 12.7. The van der Waals surface area contributed by atoms with Gasteiger partial charge in [0, 0.05) is 12.1 Å². The van der Waals surface area contributed by atoms with Crippen LogP contribution in [0, 0.1) is 0 Å². The first kappa shape index (κ1) is 18.0. The number of carbonyl (C=O) groups is 1. The molecule has 1 unspecified atom stereocenters. The van der Waals surface area contributed by atoms with E-state index in [1.54, 1.807) is 18.3 Å². The number of rotatable bonds is 6. The van der Waals surface area contributed by atoms with Crippen molar-refractivity contribution in [3.8, 4) is 17.5 Å². The molecule has 7 nitrogen and oxygen atoms in total. The van der Waals surface area contributed by atoms with Gasteiger partial charge in [0.2, 0.25) is 11.8 Å². The van der Waals surface area contributed by atoms with Crippen molar-refractivity contribution in [3.05, 3.63) is 42.2 Å². The van der Waals surface area contributed by atoms with Crippen molar-refractivity contribution >= 4 is 5.91 Å². The molecule has 1 aromatic carbocycles. The third-order valence-corrected chi connectivity index (χ3v) is 4.16. The van der Waals surface area contributed by atoms with E-state index >= 15 is 0 Å². The van der Waals surface area contributed by atoms with Gasteiger partial charge in [0.05, 0.1) is 32.7 Å². The number of piperidine rings is 1. The molecule has 1 aromatic heterocycles. The maximum absolute atomic E-state index is 12.7. The number of aromatic nitrogens is 2. The second kappa shape index (κ2) is 8.51. The van der Waals surface area contributed by atoms with Crippen LogP contribution in [0.4, 0.5) is 0 Å². The summed E-state index contributed by atoms with van der Waals surface area (Å²) in [6, 6.07) is 7.23. The second-order valence-corrected chi connectivity index (χ2v) is 5.99. The predicted molar refractivity (Wildman–Crippen MR) is 95.7 cm³/mol. The minimum absolute atomic E-state index is 0.00178. The smallest absolute Gasteiger partial charge is 0.253 e. The second-order valence-electron chi connectivity index (χ2n) is 5.99. The molecule has 1 saturated heterocycles. The van der Waals surface area contributed by atoms with Crippen LogP contribution >= 0.6 is 0 Å². The van der Waals surface area contributed by atoms with Gasteiger partial charge >= 0.3 is 0 Å². The molecular weight excluding hydrogens is 334 g/mol. The Morgan fingerprint density at radius 2 is 2.00 bits per heavy atom.